The molecular weight excluding hydrogens is 435 g/mol. The van der Waals surface area contributed by atoms with Crippen molar-refractivity contribution in [2.45, 2.75) is 24.6 Å². The summed E-state index contributed by atoms with van der Waals surface area (Å²) in [5.41, 5.74) is 1.90. The molecule has 1 aliphatic rings. The Labute approximate surface area is 164 Å². The normalized spacial score (nSPS) is 17.4. The van der Waals surface area contributed by atoms with E-state index in [9.17, 15) is 0 Å². The molecule has 1 aromatic heterocycles. The van der Waals surface area contributed by atoms with E-state index in [0.29, 0.717) is 11.8 Å². The van der Waals surface area contributed by atoms with Crippen LogP contribution in [-0.2, 0) is 6.54 Å². The summed E-state index contributed by atoms with van der Waals surface area (Å²) in [5.74, 6) is 2.87. The fourth-order valence-electron chi connectivity index (χ4n) is 2.54. The third kappa shape index (κ3) is 5.41. The van der Waals surface area contributed by atoms with Gasteiger partial charge >= 0.3 is 0 Å². The summed E-state index contributed by atoms with van der Waals surface area (Å²) in [6.45, 7) is 1.55. The largest absolute Gasteiger partial charge is 0.356 e. The van der Waals surface area contributed by atoms with Crippen LogP contribution in [0, 0.1) is 0 Å². The van der Waals surface area contributed by atoms with Gasteiger partial charge in [0, 0.05) is 30.5 Å². The van der Waals surface area contributed by atoms with Crippen molar-refractivity contribution in [2.24, 2.45) is 4.99 Å². The van der Waals surface area contributed by atoms with E-state index in [1.54, 1.807) is 7.05 Å². The van der Waals surface area contributed by atoms with E-state index < -0.39 is 0 Å². The maximum absolute atomic E-state index is 5.40. The maximum atomic E-state index is 5.40. The molecule has 0 saturated carbocycles. The lowest BCUT2D eigenvalue weighted by Gasteiger charge is -2.13. The number of aromatic nitrogens is 1. The van der Waals surface area contributed by atoms with Crippen LogP contribution in [0.5, 0.6) is 0 Å². The Morgan fingerprint density at radius 3 is 2.88 bits per heavy atom. The third-order valence-electron chi connectivity index (χ3n) is 3.80. The van der Waals surface area contributed by atoms with Crippen molar-refractivity contribution in [3.63, 3.8) is 0 Å². The van der Waals surface area contributed by atoms with E-state index in [-0.39, 0.29) is 24.0 Å². The zero-order chi connectivity index (χ0) is 15.9. The van der Waals surface area contributed by atoms with Crippen LogP contribution in [0.3, 0.4) is 0 Å². The van der Waals surface area contributed by atoms with E-state index in [4.69, 9.17) is 4.52 Å². The Hall–Kier alpha value is -1.22. The van der Waals surface area contributed by atoms with E-state index in [1.807, 2.05) is 48.2 Å². The fraction of sp³-hybridized carbons (Fsp3) is 0.412. The number of thioether (sulfide) groups is 1. The van der Waals surface area contributed by atoms with Crippen molar-refractivity contribution in [3.8, 4) is 11.3 Å². The first kappa shape index (κ1) is 19.1. The topological polar surface area (TPSA) is 62.5 Å². The van der Waals surface area contributed by atoms with Crippen LogP contribution in [0.15, 0.2) is 45.9 Å². The SMILES string of the molecule is CN=C(NCc1cc(-c2ccccc2)on1)NCC1CCCS1.I. The number of hydrogen-bond acceptors (Lipinski definition) is 4. The average Bonchev–Trinajstić information content (AvgIpc) is 3.27. The summed E-state index contributed by atoms with van der Waals surface area (Å²) in [6, 6.07) is 11.9. The molecule has 0 amide bonds. The highest BCUT2D eigenvalue weighted by Gasteiger charge is 2.15. The van der Waals surface area contributed by atoms with Gasteiger partial charge in [0.15, 0.2) is 11.7 Å². The van der Waals surface area contributed by atoms with Crippen LogP contribution >= 0.6 is 35.7 Å². The minimum Gasteiger partial charge on any atom is -0.356 e. The molecule has 1 unspecified atom stereocenters. The van der Waals surface area contributed by atoms with Gasteiger partial charge < -0.3 is 15.2 Å². The van der Waals surface area contributed by atoms with Gasteiger partial charge in [-0.05, 0) is 18.6 Å². The predicted octanol–water partition coefficient (Wildman–Crippen LogP) is 3.52. The molecule has 1 fully saturated rings. The standard InChI is InChI=1S/C17H22N4OS.HI/c1-18-17(20-12-15-8-5-9-23-15)19-11-14-10-16(22-21-14)13-6-3-2-4-7-13;/h2-4,6-7,10,15H,5,8-9,11-12H2,1H3,(H2,18,19,20);1H. The van der Waals surface area contributed by atoms with Crippen molar-refractivity contribution in [3.05, 3.63) is 42.1 Å². The van der Waals surface area contributed by atoms with Crippen LogP contribution in [0.4, 0.5) is 0 Å². The zero-order valence-corrected chi connectivity index (χ0v) is 16.8. The van der Waals surface area contributed by atoms with Gasteiger partial charge in [-0.25, -0.2) is 0 Å². The van der Waals surface area contributed by atoms with Crippen LogP contribution in [-0.4, -0.2) is 35.7 Å². The molecule has 0 radical (unpaired) electrons. The van der Waals surface area contributed by atoms with Gasteiger partial charge in [0.05, 0.1) is 6.54 Å². The molecule has 7 heteroatoms. The monoisotopic (exact) mass is 458 g/mol. The highest BCUT2D eigenvalue weighted by molar-refractivity contribution is 14.0. The predicted molar refractivity (Wildman–Crippen MR) is 111 cm³/mol. The summed E-state index contributed by atoms with van der Waals surface area (Å²) in [7, 11) is 1.79. The third-order valence-corrected chi connectivity index (χ3v) is 5.20. The summed E-state index contributed by atoms with van der Waals surface area (Å²) < 4.78 is 5.40. The summed E-state index contributed by atoms with van der Waals surface area (Å²) in [4.78, 5) is 4.26. The lowest BCUT2D eigenvalue weighted by atomic mass is 10.2. The molecule has 24 heavy (non-hydrogen) atoms. The molecule has 1 aromatic carbocycles. The molecule has 130 valence electrons. The van der Waals surface area contributed by atoms with Gasteiger partial charge in [-0.2, -0.15) is 11.8 Å². The van der Waals surface area contributed by atoms with Gasteiger partial charge in [-0.15, -0.1) is 24.0 Å². The van der Waals surface area contributed by atoms with Gasteiger partial charge in [-0.1, -0.05) is 35.5 Å². The fourth-order valence-corrected chi connectivity index (χ4v) is 3.75. The van der Waals surface area contributed by atoms with Gasteiger partial charge in [0.1, 0.15) is 5.69 Å². The van der Waals surface area contributed by atoms with Crippen molar-refractivity contribution in [2.75, 3.05) is 19.3 Å². The van der Waals surface area contributed by atoms with E-state index in [2.05, 4.69) is 20.8 Å². The number of benzene rings is 1. The summed E-state index contributed by atoms with van der Waals surface area (Å²) in [5, 5.41) is 11.5. The lowest BCUT2D eigenvalue weighted by Crippen LogP contribution is -2.39. The highest BCUT2D eigenvalue weighted by Crippen LogP contribution is 2.25. The Balaban J connectivity index is 0.00000208. The van der Waals surface area contributed by atoms with Gasteiger partial charge in [0.2, 0.25) is 0 Å². The molecule has 0 aliphatic carbocycles. The molecule has 1 saturated heterocycles. The molecule has 2 N–H and O–H groups in total. The molecular formula is C17H23IN4OS. The second-order valence-corrected chi connectivity index (χ2v) is 6.90. The number of rotatable bonds is 5. The zero-order valence-electron chi connectivity index (χ0n) is 13.7. The van der Waals surface area contributed by atoms with Crippen LogP contribution in [0.1, 0.15) is 18.5 Å². The molecule has 2 aromatic rings. The van der Waals surface area contributed by atoms with Crippen molar-refractivity contribution < 1.29 is 4.52 Å². The molecule has 2 heterocycles. The van der Waals surface area contributed by atoms with Crippen molar-refractivity contribution in [1.29, 1.82) is 0 Å². The van der Waals surface area contributed by atoms with Gasteiger partial charge in [0.25, 0.3) is 0 Å². The van der Waals surface area contributed by atoms with Gasteiger partial charge in [-0.3, -0.25) is 4.99 Å². The second kappa shape index (κ2) is 9.93. The first-order valence-corrected chi connectivity index (χ1v) is 8.97. The quantitative estimate of drug-likeness (QED) is 0.408. The maximum Gasteiger partial charge on any atom is 0.191 e. The van der Waals surface area contributed by atoms with Crippen LogP contribution < -0.4 is 10.6 Å². The Morgan fingerprint density at radius 2 is 2.17 bits per heavy atom. The number of aliphatic imine (C=N–C) groups is 1. The van der Waals surface area contributed by atoms with Crippen molar-refractivity contribution >= 4 is 41.7 Å². The highest BCUT2D eigenvalue weighted by atomic mass is 127. The second-order valence-electron chi connectivity index (χ2n) is 5.49. The Kier molecular flexibility index (Phi) is 7.90. The first-order chi connectivity index (χ1) is 11.3. The summed E-state index contributed by atoms with van der Waals surface area (Å²) >= 11 is 2.04. The van der Waals surface area contributed by atoms with E-state index >= 15 is 0 Å². The number of nitrogens with one attached hydrogen (secondary N) is 2. The number of nitrogens with zero attached hydrogens (tertiary/aromatic N) is 2. The first-order valence-electron chi connectivity index (χ1n) is 7.92. The Morgan fingerprint density at radius 1 is 1.33 bits per heavy atom. The van der Waals surface area contributed by atoms with Crippen molar-refractivity contribution in [1.82, 2.24) is 15.8 Å². The molecule has 0 spiro atoms. The van der Waals surface area contributed by atoms with E-state index in [1.165, 1.54) is 18.6 Å². The molecule has 3 rings (SSSR count). The molecule has 5 nitrogen and oxygen atoms in total. The average molecular weight is 458 g/mol. The van der Waals surface area contributed by atoms with Crippen LogP contribution in [0.25, 0.3) is 11.3 Å². The van der Waals surface area contributed by atoms with Crippen LogP contribution in [0.2, 0.25) is 0 Å². The minimum absolute atomic E-state index is 0. The smallest absolute Gasteiger partial charge is 0.191 e. The summed E-state index contributed by atoms with van der Waals surface area (Å²) in [6.07, 6.45) is 2.61. The lowest BCUT2D eigenvalue weighted by molar-refractivity contribution is 0.422. The molecule has 0 bridgehead atoms. The minimum atomic E-state index is 0. The number of guanidine groups is 1. The Bertz CT molecular complexity index is 641. The molecule has 1 aliphatic heterocycles. The number of halogens is 1. The van der Waals surface area contributed by atoms with E-state index in [0.717, 1.165) is 29.5 Å². The molecule has 1 atom stereocenters. The number of hydrogen-bond donors (Lipinski definition) is 2.